The molecule has 0 fully saturated rings. The second-order valence-corrected chi connectivity index (χ2v) is 5.73. The molecule has 0 amide bonds. The Morgan fingerprint density at radius 2 is 1.88 bits per heavy atom. The standard InChI is InChI=1S/C11H17FN2O2S/c1-3-17(15,16)14(9-8-13-2)11-6-4-10(12)5-7-11/h4-7,13H,3,8-9H2,1-2H3. The molecule has 1 aromatic rings. The van der Waals surface area contributed by atoms with E-state index in [9.17, 15) is 12.8 Å². The molecule has 0 bridgehead atoms. The fourth-order valence-electron chi connectivity index (χ4n) is 1.41. The largest absolute Gasteiger partial charge is 0.318 e. The highest BCUT2D eigenvalue weighted by Gasteiger charge is 2.19. The lowest BCUT2D eigenvalue weighted by Crippen LogP contribution is -2.37. The van der Waals surface area contributed by atoms with E-state index >= 15 is 0 Å². The molecular formula is C11H17FN2O2S. The van der Waals surface area contributed by atoms with Gasteiger partial charge in [-0.1, -0.05) is 0 Å². The van der Waals surface area contributed by atoms with Gasteiger partial charge in [0, 0.05) is 13.1 Å². The number of nitrogens with one attached hydrogen (secondary N) is 1. The van der Waals surface area contributed by atoms with Crippen LogP contribution in [0.15, 0.2) is 24.3 Å². The average Bonchev–Trinajstić information content (AvgIpc) is 2.31. The molecule has 1 N–H and O–H groups in total. The van der Waals surface area contributed by atoms with E-state index in [4.69, 9.17) is 0 Å². The quantitative estimate of drug-likeness (QED) is 0.836. The highest BCUT2D eigenvalue weighted by atomic mass is 32.2. The van der Waals surface area contributed by atoms with Crippen LogP contribution in [0, 0.1) is 5.82 Å². The fourth-order valence-corrected chi connectivity index (χ4v) is 2.53. The summed E-state index contributed by atoms with van der Waals surface area (Å²) < 4.78 is 37.9. The SMILES string of the molecule is CCS(=O)(=O)N(CCNC)c1ccc(F)cc1. The van der Waals surface area contributed by atoms with Gasteiger partial charge in [-0.15, -0.1) is 0 Å². The van der Waals surface area contributed by atoms with E-state index in [-0.39, 0.29) is 11.6 Å². The van der Waals surface area contributed by atoms with Gasteiger partial charge in [-0.3, -0.25) is 4.31 Å². The number of nitrogens with zero attached hydrogens (tertiary/aromatic N) is 1. The maximum Gasteiger partial charge on any atom is 0.234 e. The van der Waals surface area contributed by atoms with Gasteiger partial charge in [0.05, 0.1) is 11.4 Å². The van der Waals surface area contributed by atoms with E-state index in [1.807, 2.05) is 0 Å². The zero-order chi connectivity index (χ0) is 12.9. The van der Waals surface area contributed by atoms with Gasteiger partial charge >= 0.3 is 0 Å². The monoisotopic (exact) mass is 260 g/mol. The summed E-state index contributed by atoms with van der Waals surface area (Å²) in [6.07, 6.45) is 0. The second kappa shape index (κ2) is 5.97. The normalized spacial score (nSPS) is 11.5. The Balaban J connectivity index is 3.02. The Morgan fingerprint density at radius 1 is 1.29 bits per heavy atom. The average molecular weight is 260 g/mol. The van der Waals surface area contributed by atoms with E-state index in [2.05, 4.69) is 5.32 Å². The molecule has 0 saturated carbocycles. The number of benzene rings is 1. The van der Waals surface area contributed by atoms with E-state index in [0.29, 0.717) is 18.8 Å². The van der Waals surface area contributed by atoms with E-state index in [1.54, 1.807) is 14.0 Å². The highest BCUT2D eigenvalue weighted by Crippen LogP contribution is 2.18. The molecule has 0 radical (unpaired) electrons. The molecule has 0 aromatic heterocycles. The lowest BCUT2D eigenvalue weighted by Gasteiger charge is -2.23. The summed E-state index contributed by atoms with van der Waals surface area (Å²) in [5.74, 6) is -0.357. The van der Waals surface area contributed by atoms with Crippen molar-refractivity contribution in [3.8, 4) is 0 Å². The van der Waals surface area contributed by atoms with E-state index < -0.39 is 10.0 Å². The Bertz CT molecular complexity index is 445. The molecule has 0 atom stereocenters. The molecule has 0 heterocycles. The first-order valence-electron chi connectivity index (χ1n) is 5.42. The maximum atomic E-state index is 12.8. The molecule has 96 valence electrons. The van der Waals surface area contributed by atoms with Crippen LogP contribution in [0.1, 0.15) is 6.92 Å². The van der Waals surface area contributed by atoms with Crippen molar-refractivity contribution in [1.82, 2.24) is 5.32 Å². The molecule has 6 heteroatoms. The van der Waals surface area contributed by atoms with Crippen molar-refractivity contribution in [2.24, 2.45) is 0 Å². The van der Waals surface area contributed by atoms with Gasteiger partial charge in [0.25, 0.3) is 0 Å². The number of hydrogen-bond donors (Lipinski definition) is 1. The van der Waals surface area contributed by atoms with Crippen molar-refractivity contribution < 1.29 is 12.8 Å². The molecule has 0 aliphatic rings. The van der Waals surface area contributed by atoms with Gasteiger partial charge in [0.2, 0.25) is 10.0 Å². The summed E-state index contributed by atoms with van der Waals surface area (Å²) in [5, 5.41) is 2.90. The molecular weight excluding hydrogens is 243 g/mol. The number of hydrogen-bond acceptors (Lipinski definition) is 3. The molecule has 17 heavy (non-hydrogen) atoms. The molecule has 4 nitrogen and oxygen atoms in total. The van der Waals surface area contributed by atoms with Crippen LogP contribution in [0.5, 0.6) is 0 Å². The zero-order valence-corrected chi connectivity index (χ0v) is 10.8. The van der Waals surface area contributed by atoms with Gasteiger partial charge in [0.1, 0.15) is 5.82 Å². The number of rotatable bonds is 6. The van der Waals surface area contributed by atoms with Crippen LogP contribution in [0.2, 0.25) is 0 Å². The summed E-state index contributed by atoms with van der Waals surface area (Å²) in [6, 6.07) is 5.45. The van der Waals surface area contributed by atoms with E-state index in [0.717, 1.165) is 0 Å². The van der Waals surface area contributed by atoms with Gasteiger partial charge in [0.15, 0.2) is 0 Å². The second-order valence-electron chi connectivity index (χ2n) is 3.55. The van der Waals surface area contributed by atoms with Gasteiger partial charge in [-0.05, 0) is 38.2 Å². The number of sulfonamides is 1. The van der Waals surface area contributed by atoms with Crippen molar-refractivity contribution in [2.45, 2.75) is 6.92 Å². The first-order chi connectivity index (χ1) is 8.01. The van der Waals surface area contributed by atoms with Gasteiger partial charge in [-0.2, -0.15) is 0 Å². The van der Waals surface area contributed by atoms with Crippen LogP contribution in [0.3, 0.4) is 0 Å². The summed E-state index contributed by atoms with van der Waals surface area (Å²) >= 11 is 0. The molecule has 0 aliphatic carbocycles. The van der Waals surface area contributed by atoms with Crippen LogP contribution in [-0.2, 0) is 10.0 Å². The van der Waals surface area contributed by atoms with Crippen LogP contribution in [0.25, 0.3) is 0 Å². The molecule has 1 aromatic carbocycles. The Hall–Kier alpha value is -1.14. The summed E-state index contributed by atoms with van der Waals surface area (Å²) in [6.45, 7) is 2.46. The summed E-state index contributed by atoms with van der Waals surface area (Å²) in [5.41, 5.74) is 0.489. The maximum absolute atomic E-state index is 12.8. The van der Waals surface area contributed by atoms with E-state index in [1.165, 1.54) is 28.6 Å². The van der Waals surface area contributed by atoms with Crippen molar-refractivity contribution in [3.63, 3.8) is 0 Å². The van der Waals surface area contributed by atoms with Crippen molar-refractivity contribution in [3.05, 3.63) is 30.1 Å². The van der Waals surface area contributed by atoms with Crippen molar-refractivity contribution in [2.75, 3.05) is 30.2 Å². The summed E-state index contributed by atoms with van der Waals surface area (Å²) in [7, 11) is -1.58. The third-order valence-corrected chi connectivity index (χ3v) is 4.17. The first-order valence-corrected chi connectivity index (χ1v) is 7.02. The lowest BCUT2D eigenvalue weighted by molar-refractivity contribution is 0.590. The van der Waals surface area contributed by atoms with Crippen LogP contribution >= 0.6 is 0 Å². The third-order valence-electron chi connectivity index (χ3n) is 2.38. The minimum absolute atomic E-state index is 0.0219. The smallest absolute Gasteiger partial charge is 0.234 e. The van der Waals surface area contributed by atoms with Crippen molar-refractivity contribution in [1.29, 1.82) is 0 Å². The lowest BCUT2D eigenvalue weighted by atomic mass is 10.3. The number of halogens is 1. The topological polar surface area (TPSA) is 49.4 Å². The predicted octanol–water partition coefficient (Wildman–Crippen LogP) is 1.20. The Kier molecular flexibility index (Phi) is 4.89. The number of likely N-dealkylation sites (N-methyl/N-ethyl adjacent to an activating group) is 1. The Morgan fingerprint density at radius 3 is 2.35 bits per heavy atom. The predicted molar refractivity (Wildman–Crippen MR) is 67.1 cm³/mol. The number of anilines is 1. The third kappa shape index (κ3) is 3.67. The van der Waals surface area contributed by atoms with Crippen LogP contribution in [0.4, 0.5) is 10.1 Å². The van der Waals surface area contributed by atoms with Crippen LogP contribution in [-0.4, -0.2) is 34.3 Å². The van der Waals surface area contributed by atoms with Crippen molar-refractivity contribution >= 4 is 15.7 Å². The van der Waals surface area contributed by atoms with Gasteiger partial charge in [-0.25, -0.2) is 12.8 Å². The Labute approximate surface area is 101 Å². The minimum atomic E-state index is -3.33. The molecule has 0 unspecified atom stereocenters. The summed E-state index contributed by atoms with van der Waals surface area (Å²) in [4.78, 5) is 0. The minimum Gasteiger partial charge on any atom is -0.318 e. The zero-order valence-electron chi connectivity index (χ0n) is 9.98. The molecule has 1 rings (SSSR count). The highest BCUT2D eigenvalue weighted by molar-refractivity contribution is 7.92. The first kappa shape index (κ1) is 13.9. The van der Waals surface area contributed by atoms with Gasteiger partial charge < -0.3 is 5.32 Å². The molecule has 0 spiro atoms. The molecule has 0 saturated heterocycles. The van der Waals surface area contributed by atoms with Crippen LogP contribution < -0.4 is 9.62 Å². The molecule has 0 aliphatic heterocycles. The fraction of sp³-hybridized carbons (Fsp3) is 0.455.